The third-order valence-electron chi connectivity index (χ3n) is 3.43. The van der Waals surface area contributed by atoms with E-state index in [2.05, 4.69) is 76.1 Å². The maximum atomic E-state index is 3.70. The van der Waals surface area contributed by atoms with Gasteiger partial charge < -0.3 is 5.32 Å². The first-order valence-corrected chi connectivity index (χ1v) is 8.40. The predicted octanol–water partition coefficient (Wildman–Crippen LogP) is 5.69. The summed E-state index contributed by atoms with van der Waals surface area (Å²) >= 11 is 7.27. The number of hydrogen-bond donors (Lipinski definition) is 1. The van der Waals surface area contributed by atoms with E-state index in [1.165, 1.54) is 29.3 Å². The first-order valence-electron chi connectivity index (χ1n) is 6.82. The molecule has 1 rings (SSSR count). The molecule has 0 radical (unpaired) electrons. The highest BCUT2D eigenvalue weighted by Gasteiger charge is 2.21. The molecule has 0 heterocycles. The van der Waals surface area contributed by atoms with Gasteiger partial charge in [0.2, 0.25) is 0 Å². The molecule has 3 heteroatoms. The van der Waals surface area contributed by atoms with Crippen molar-refractivity contribution in [3.8, 4) is 0 Å². The van der Waals surface area contributed by atoms with Gasteiger partial charge in [-0.2, -0.15) is 0 Å². The summed E-state index contributed by atoms with van der Waals surface area (Å²) in [6.45, 7) is 7.84. The lowest BCUT2D eigenvalue weighted by molar-refractivity contribution is 0.340. The third kappa shape index (κ3) is 4.36. The Morgan fingerprint density at radius 2 is 1.78 bits per heavy atom. The van der Waals surface area contributed by atoms with E-state index in [1.807, 2.05) is 0 Å². The Balaban J connectivity index is 3.03. The number of hydrogen-bond acceptors (Lipinski definition) is 1. The van der Waals surface area contributed by atoms with Crippen molar-refractivity contribution in [1.82, 2.24) is 5.32 Å². The molecule has 1 atom stereocenters. The zero-order valence-corrected chi connectivity index (χ0v) is 14.6. The van der Waals surface area contributed by atoms with Crippen LogP contribution in [0.4, 0.5) is 0 Å². The van der Waals surface area contributed by atoms with Crippen LogP contribution in [0.1, 0.15) is 51.6 Å². The van der Waals surface area contributed by atoms with Gasteiger partial charge in [0.15, 0.2) is 0 Å². The van der Waals surface area contributed by atoms with Gasteiger partial charge in [-0.1, -0.05) is 65.5 Å². The Labute approximate surface area is 128 Å². The highest BCUT2D eigenvalue weighted by molar-refractivity contribution is 9.11. The van der Waals surface area contributed by atoms with Gasteiger partial charge in [-0.05, 0) is 42.6 Å². The van der Waals surface area contributed by atoms with Crippen LogP contribution < -0.4 is 5.32 Å². The lowest BCUT2D eigenvalue weighted by Crippen LogP contribution is -2.29. The molecule has 0 spiro atoms. The van der Waals surface area contributed by atoms with E-state index in [0.29, 0.717) is 12.0 Å². The maximum Gasteiger partial charge on any atom is 0.0360 e. The quantitative estimate of drug-likeness (QED) is 0.644. The summed E-state index contributed by atoms with van der Waals surface area (Å²) < 4.78 is 2.35. The molecule has 0 aliphatic heterocycles. The normalized spacial score (nSPS) is 13.0. The minimum Gasteiger partial charge on any atom is -0.310 e. The van der Waals surface area contributed by atoms with Crippen molar-refractivity contribution in [2.45, 2.75) is 46.1 Å². The van der Waals surface area contributed by atoms with Crippen molar-refractivity contribution in [1.29, 1.82) is 0 Å². The molecule has 0 amide bonds. The van der Waals surface area contributed by atoms with Gasteiger partial charge in [0, 0.05) is 15.0 Å². The van der Waals surface area contributed by atoms with E-state index in [9.17, 15) is 0 Å². The molecule has 0 aliphatic rings. The van der Waals surface area contributed by atoms with Gasteiger partial charge in [0.25, 0.3) is 0 Å². The van der Waals surface area contributed by atoms with Gasteiger partial charge in [-0.25, -0.2) is 0 Å². The van der Waals surface area contributed by atoms with E-state index >= 15 is 0 Å². The number of benzene rings is 1. The molecular formula is C15H23Br2N. The van der Waals surface area contributed by atoms with E-state index in [0.717, 1.165) is 11.0 Å². The molecule has 1 aromatic carbocycles. The summed E-state index contributed by atoms with van der Waals surface area (Å²) in [4.78, 5) is 0. The fourth-order valence-electron chi connectivity index (χ4n) is 2.34. The number of rotatable bonds is 7. The van der Waals surface area contributed by atoms with Crippen molar-refractivity contribution in [2.24, 2.45) is 5.92 Å². The lowest BCUT2D eigenvalue weighted by atomic mass is 9.89. The van der Waals surface area contributed by atoms with Crippen LogP contribution in [0.15, 0.2) is 27.1 Å². The summed E-state index contributed by atoms with van der Waals surface area (Å²) in [5.74, 6) is 0.683. The zero-order valence-electron chi connectivity index (χ0n) is 11.5. The van der Waals surface area contributed by atoms with E-state index in [1.54, 1.807) is 0 Å². The van der Waals surface area contributed by atoms with E-state index in [-0.39, 0.29) is 0 Å². The van der Waals surface area contributed by atoms with Crippen LogP contribution in [0.5, 0.6) is 0 Å². The summed E-state index contributed by atoms with van der Waals surface area (Å²) in [6.07, 6.45) is 3.58. The average Bonchev–Trinajstić information content (AvgIpc) is 2.38. The third-order valence-corrected chi connectivity index (χ3v) is 4.64. The van der Waals surface area contributed by atoms with Crippen LogP contribution in [0, 0.1) is 5.92 Å². The van der Waals surface area contributed by atoms with Crippen molar-refractivity contribution >= 4 is 31.9 Å². The standard InChI is InChI=1S/C15H23Br2N/c1-4-9-18-15(11(5-2)6-3)13-10-12(16)7-8-14(13)17/h7-8,10-11,15,18H,4-6,9H2,1-3H3. The van der Waals surface area contributed by atoms with Crippen LogP contribution in [-0.4, -0.2) is 6.54 Å². The van der Waals surface area contributed by atoms with Crippen molar-refractivity contribution in [2.75, 3.05) is 6.54 Å². The molecule has 102 valence electrons. The molecule has 1 aromatic rings. The lowest BCUT2D eigenvalue weighted by Gasteiger charge is -2.28. The fourth-order valence-corrected chi connectivity index (χ4v) is 3.22. The summed E-state index contributed by atoms with van der Waals surface area (Å²) in [7, 11) is 0. The molecule has 1 nitrogen and oxygen atoms in total. The van der Waals surface area contributed by atoms with Gasteiger partial charge in [0.1, 0.15) is 0 Å². The van der Waals surface area contributed by atoms with Gasteiger partial charge in [-0.3, -0.25) is 0 Å². The monoisotopic (exact) mass is 375 g/mol. The second-order valence-corrected chi connectivity index (χ2v) is 6.44. The topological polar surface area (TPSA) is 12.0 Å². The molecule has 0 saturated carbocycles. The molecular weight excluding hydrogens is 354 g/mol. The Bertz CT molecular complexity index is 362. The summed E-state index contributed by atoms with van der Waals surface area (Å²) in [5, 5.41) is 3.70. The number of nitrogens with one attached hydrogen (secondary N) is 1. The SMILES string of the molecule is CCCNC(c1cc(Br)ccc1Br)C(CC)CC. The van der Waals surface area contributed by atoms with Gasteiger partial charge in [-0.15, -0.1) is 0 Å². The number of halogens is 2. The largest absolute Gasteiger partial charge is 0.310 e. The highest BCUT2D eigenvalue weighted by atomic mass is 79.9. The van der Waals surface area contributed by atoms with Crippen LogP contribution in [-0.2, 0) is 0 Å². The average molecular weight is 377 g/mol. The Morgan fingerprint density at radius 1 is 1.11 bits per heavy atom. The van der Waals surface area contributed by atoms with Gasteiger partial charge >= 0.3 is 0 Å². The van der Waals surface area contributed by atoms with Crippen LogP contribution in [0.25, 0.3) is 0 Å². The molecule has 0 aliphatic carbocycles. The predicted molar refractivity (Wildman–Crippen MR) is 86.9 cm³/mol. The maximum absolute atomic E-state index is 3.70. The molecule has 1 N–H and O–H groups in total. The van der Waals surface area contributed by atoms with E-state index < -0.39 is 0 Å². The molecule has 0 aromatic heterocycles. The fraction of sp³-hybridized carbons (Fsp3) is 0.600. The second kappa shape index (κ2) is 8.34. The molecule has 0 fully saturated rings. The first-order chi connectivity index (χ1) is 8.63. The van der Waals surface area contributed by atoms with Crippen LogP contribution in [0.2, 0.25) is 0 Å². The molecule has 0 saturated heterocycles. The van der Waals surface area contributed by atoms with E-state index in [4.69, 9.17) is 0 Å². The second-order valence-electron chi connectivity index (χ2n) is 4.67. The van der Waals surface area contributed by atoms with Crippen molar-refractivity contribution < 1.29 is 0 Å². The Kier molecular flexibility index (Phi) is 7.50. The summed E-state index contributed by atoms with van der Waals surface area (Å²) in [5.41, 5.74) is 1.37. The van der Waals surface area contributed by atoms with Crippen LogP contribution >= 0.6 is 31.9 Å². The van der Waals surface area contributed by atoms with Crippen molar-refractivity contribution in [3.05, 3.63) is 32.7 Å². The van der Waals surface area contributed by atoms with Gasteiger partial charge in [0.05, 0.1) is 0 Å². The first kappa shape index (κ1) is 16.2. The highest BCUT2D eigenvalue weighted by Crippen LogP contribution is 2.34. The van der Waals surface area contributed by atoms with Crippen molar-refractivity contribution in [3.63, 3.8) is 0 Å². The summed E-state index contributed by atoms with van der Waals surface area (Å²) in [6, 6.07) is 6.88. The minimum absolute atomic E-state index is 0.437. The smallest absolute Gasteiger partial charge is 0.0360 e. The molecule has 1 unspecified atom stereocenters. The molecule has 0 bridgehead atoms. The minimum atomic E-state index is 0.437. The Hall–Kier alpha value is 0.140. The Morgan fingerprint density at radius 3 is 2.33 bits per heavy atom. The molecule has 18 heavy (non-hydrogen) atoms. The van der Waals surface area contributed by atoms with Crippen LogP contribution in [0.3, 0.4) is 0 Å². The zero-order chi connectivity index (χ0) is 13.5.